The van der Waals surface area contributed by atoms with Crippen molar-refractivity contribution in [3.8, 4) is 5.82 Å². The van der Waals surface area contributed by atoms with E-state index in [4.69, 9.17) is 9.72 Å². The molecule has 5 aromatic rings. The van der Waals surface area contributed by atoms with E-state index in [0.29, 0.717) is 23.5 Å². The second-order valence-corrected chi connectivity index (χ2v) is 11.8. The van der Waals surface area contributed by atoms with Crippen LogP contribution in [-0.4, -0.2) is 48.2 Å². The molecule has 0 aliphatic rings. The van der Waals surface area contributed by atoms with E-state index in [1.165, 1.54) is 21.5 Å². The van der Waals surface area contributed by atoms with Crippen LogP contribution in [0, 0.1) is 5.82 Å². The Kier molecular flexibility index (Phi) is 9.28. The second-order valence-electron chi connectivity index (χ2n) is 11.8. The van der Waals surface area contributed by atoms with Crippen molar-refractivity contribution in [1.82, 2.24) is 35.2 Å². The van der Waals surface area contributed by atoms with E-state index in [-0.39, 0.29) is 30.4 Å². The van der Waals surface area contributed by atoms with Crippen molar-refractivity contribution in [3.05, 3.63) is 131 Å². The van der Waals surface area contributed by atoms with Crippen molar-refractivity contribution in [3.63, 3.8) is 0 Å². The lowest BCUT2D eigenvalue weighted by Gasteiger charge is -2.30. The van der Waals surface area contributed by atoms with Gasteiger partial charge in [0.2, 0.25) is 0 Å². The number of hydrogen-bond donors (Lipinski definition) is 3. The highest BCUT2D eigenvalue weighted by molar-refractivity contribution is 5.93. The number of carbonyl (C=O) groups excluding carboxylic acids is 2. The Hall–Kier alpha value is -5.36. The molecule has 0 saturated heterocycles. The van der Waals surface area contributed by atoms with Gasteiger partial charge in [0, 0.05) is 37.6 Å². The van der Waals surface area contributed by atoms with Crippen molar-refractivity contribution in [2.24, 2.45) is 7.05 Å². The molecule has 1 atom stereocenters. The van der Waals surface area contributed by atoms with Crippen LogP contribution < -0.4 is 10.6 Å². The Balaban J connectivity index is 1.37. The minimum Gasteiger partial charge on any atom is -0.445 e. The Morgan fingerprint density at radius 1 is 0.978 bits per heavy atom. The highest BCUT2D eigenvalue weighted by atomic mass is 19.1. The molecule has 5 rings (SSSR count). The number of hydrogen-bond acceptors (Lipinski definition) is 7. The van der Waals surface area contributed by atoms with E-state index >= 15 is 0 Å². The lowest BCUT2D eigenvalue weighted by atomic mass is 9.90. The second kappa shape index (κ2) is 13.3. The van der Waals surface area contributed by atoms with Gasteiger partial charge < -0.3 is 20.5 Å². The van der Waals surface area contributed by atoms with Gasteiger partial charge in [0.15, 0.2) is 5.82 Å². The molecular weight excluding hydrogens is 589 g/mol. The van der Waals surface area contributed by atoms with Crippen LogP contribution in [0.15, 0.2) is 91.3 Å². The van der Waals surface area contributed by atoms with Crippen molar-refractivity contribution >= 4 is 12.0 Å². The summed E-state index contributed by atoms with van der Waals surface area (Å²) in [6.07, 6.45) is 3.05. The smallest absolute Gasteiger partial charge is 0.408 e. The number of pyridine rings is 1. The number of amides is 2. The molecule has 238 valence electrons. The topological polar surface area (TPSA) is 136 Å². The Morgan fingerprint density at radius 2 is 1.72 bits per heavy atom. The molecule has 11 nitrogen and oxygen atoms in total. The van der Waals surface area contributed by atoms with E-state index in [1.807, 2.05) is 50.2 Å². The third-order valence-corrected chi connectivity index (χ3v) is 7.51. The fourth-order valence-corrected chi connectivity index (χ4v) is 4.83. The van der Waals surface area contributed by atoms with Gasteiger partial charge in [-0.15, -0.1) is 0 Å². The number of aromatic nitrogens is 5. The SMILES string of the molecule is Cn1nc(-n2cccn2)cc1C(=O)NCC(C)(O)c1cc(C(C)(C)NC(=O)OCc2ccccc2)cc(Cc2ccc(F)cc2)n1. The third kappa shape index (κ3) is 7.83. The van der Waals surface area contributed by atoms with Gasteiger partial charge in [-0.1, -0.05) is 42.5 Å². The maximum Gasteiger partial charge on any atom is 0.408 e. The molecule has 0 bridgehead atoms. The molecule has 2 amide bonds. The zero-order chi connectivity index (χ0) is 32.9. The average molecular weight is 626 g/mol. The quantitative estimate of drug-likeness (QED) is 0.196. The zero-order valence-electron chi connectivity index (χ0n) is 26.1. The van der Waals surface area contributed by atoms with E-state index in [9.17, 15) is 19.1 Å². The molecule has 12 heteroatoms. The standard InChI is InChI=1S/C34H36FN7O4/c1-33(2,39-32(44)46-21-24-9-6-5-7-10-24)25-18-27(17-23-11-13-26(35)14-12-23)38-29(19-25)34(3,45)22-36-31(43)28-20-30(40-41(28)4)42-16-8-15-37-42/h5-16,18-20,45H,17,21-22H2,1-4H3,(H,36,43)(H,39,44). The maximum absolute atomic E-state index is 13.6. The normalized spacial score (nSPS) is 12.7. The zero-order valence-corrected chi connectivity index (χ0v) is 26.1. The number of aliphatic hydroxyl groups is 1. The molecule has 0 aliphatic heterocycles. The summed E-state index contributed by atoms with van der Waals surface area (Å²) < 4.78 is 22.0. The van der Waals surface area contributed by atoms with Crippen LogP contribution in [0.1, 0.15) is 59.3 Å². The first-order chi connectivity index (χ1) is 21.9. The third-order valence-electron chi connectivity index (χ3n) is 7.51. The van der Waals surface area contributed by atoms with Crippen LogP contribution in [0.2, 0.25) is 0 Å². The van der Waals surface area contributed by atoms with Crippen molar-refractivity contribution in [2.45, 2.75) is 44.9 Å². The molecule has 1 unspecified atom stereocenters. The minimum absolute atomic E-state index is 0.106. The van der Waals surface area contributed by atoms with Crippen molar-refractivity contribution in [2.75, 3.05) is 6.54 Å². The van der Waals surface area contributed by atoms with Crippen LogP contribution in [-0.2, 0) is 36.0 Å². The number of nitrogens with zero attached hydrogens (tertiary/aromatic N) is 5. The Labute approximate surface area is 266 Å². The summed E-state index contributed by atoms with van der Waals surface area (Å²) in [5.41, 5.74) is 0.877. The van der Waals surface area contributed by atoms with Gasteiger partial charge in [-0.05, 0) is 67.8 Å². The molecule has 3 heterocycles. The number of benzene rings is 2. The van der Waals surface area contributed by atoms with E-state index in [2.05, 4.69) is 20.8 Å². The summed E-state index contributed by atoms with van der Waals surface area (Å²) in [6, 6.07) is 22.3. The van der Waals surface area contributed by atoms with Crippen molar-refractivity contribution < 1.29 is 23.8 Å². The molecule has 0 spiro atoms. The monoisotopic (exact) mass is 625 g/mol. The summed E-state index contributed by atoms with van der Waals surface area (Å²) in [6.45, 7) is 5.11. The summed E-state index contributed by atoms with van der Waals surface area (Å²) >= 11 is 0. The molecule has 2 aromatic carbocycles. The number of nitrogens with one attached hydrogen (secondary N) is 2. The first kappa shape index (κ1) is 32.0. The number of rotatable bonds is 11. The van der Waals surface area contributed by atoms with Crippen LogP contribution in [0.4, 0.5) is 9.18 Å². The van der Waals surface area contributed by atoms with Crippen LogP contribution >= 0.6 is 0 Å². The largest absolute Gasteiger partial charge is 0.445 e. The molecule has 0 radical (unpaired) electrons. The van der Waals surface area contributed by atoms with Crippen LogP contribution in [0.25, 0.3) is 5.82 Å². The van der Waals surface area contributed by atoms with Gasteiger partial charge >= 0.3 is 6.09 Å². The molecule has 3 N–H and O–H groups in total. The van der Waals surface area contributed by atoms with E-state index in [0.717, 1.165) is 11.1 Å². The summed E-state index contributed by atoms with van der Waals surface area (Å²) in [7, 11) is 1.65. The molecule has 3 aromatic heterocycles. The van der Waals surface area contributed by atoms with Gasteiger partial charge in [0.25, 0.3) is 5.91 Å². The van der Waals surface area contributed by atoms with E-state index in [1.54, 1.807) is 56.7 Å². The molecule has 46 heavy (non-hydrogen) atoms. The van der Waals surface area contributed by atoms with Gasteiger partial charge in [-0.3, -0.25) is 14.5 Å². The summed E-state index contributed by atoms with van der Waals surface area (Å²) in [5.74, 6) is -0.324. The molecule has 0 fully saturated rings. The summed E-state index contributed by atoms with van der Waals surface area (Å²) in [5, 5.41) is 25.8. The fourth-order valence-electron chi connectivity index (χ4n) is 4.83. The lowest BCUT2D eigenvalue weighted by molar-refractivity contribution is 0.0483. The summed E-state index contributed by atoms with van der Waals surface area (Å²) in [4.78, 5) is 30.7. The minimum atomic E-state index is -1.61. The highest BCUT2D eigenvalue weighted by Crippen LogP contribution is 2.28. The predicted octanol–water partition coefficient (Wildman–Crippen LogP) is 4.53. The Bertz CT molecular complexity index is 1800. The average Bonchev–Trinajstić information content (AvgIpc) is 3.70. The predicted molar refractivity (Wildman–Crippen MR) is 168 cm³/mol. The fraction of sp³-hybridized carbons (Fsp3) is 0.265. The van der Waals surface area contributed by atoms with Gasteiger partial charge in [-0.25, -0.2) is 13.9 Å². The highest BCUT2D eigenvalue weighted by Gasteiger charge is 2.31. The van der Waals surface area contributed by atoms with Gasteiger partial charge in [-0.2, -0.15) is 10.2 Å². The Morgan fingerprint density at radius 3 is 2.41 bits per heavy atom. The number of aryl methyl sites for hydroxylation is 1. The van der Waals surface area contributed by atoms with Crippen LogP contribution in [0.5, 0.6) is 0 Å². The molecule has 0 saturated carbocycles. The van der Waals surface area contributed by atoms with Gasteiger partial charge in [0.1, 0.15) is 23.7 Å². The maximum atomic E-state index is 13.6. The number of carbonyl (C=O) groups is 2. The van der Waals surface area contributed by atoms with Crippen LogP contribution in [0.3, 0.4) is 0 Å². The number of halogens is 1. The number of ether oxygens (including phenoxy) is 1. The van der Waals surface area contributed by atoms with Gasteiger partial charge in [0.05, 0.1) is 17.8 Å². The first-order valence-electron chi connectivity index (χ1n) is 14.7. The number of alkyl carbamates (subject to hydrolysis) is 1. The molecular formula is C34H36FN7O4. The molecule has 0 aliphatic carbocycles. The first-order valence-corrected chi connectivity index (χ1v) is 14.7. The van der Waals surface area contributed by atoms with Crippen molar-refractivity contribution in [1.29, 1.82) is 0 Å². The lowest BCUT2D eigenvalue weighted by Crippen LogP contribution is -2.43. The van der Waals surface area contributed by atoms with E-state index < -0.39 is 23.1 Å².